The first-order valence-corrected chi connectivity index (χ1v) is 14.0. The quantitative estimate of drug-likeness (QED) is 0.280. The van der Waals surface area contributed by atoms with Gasteiger partial charge in [0.1, 0.15) is 28.7 Å². The van der Waals surface area contributed by atoms with E-state index in [9.17, 15) is 14.4 Å². The SMILES string of the molecule is CC(C)n1cc(C(=O)Nc2ccc(Oc3ccnc4cnc(N5CCNCC5)cc34)cc2)c(=O)n(-c2ccccn2)c1=O.Cl. The van der Waals surface area contributed by atoms with Gasteiger partial charge in [-0.05, 0) is 62.4 Å². The second-order valence-corrected chi connectivity index (χ2v) is 10.3. The average molecular weight is 615 g/mol. The van der Waals surface area contributed by atoms with Crippen LogP contribution in [0.4, 0.5) is 11.5 Å². The number of carbonyl (C=O) groups excluding carboxylic acids is 1. The number of halogens is 1. The Kier molecular flexibility index (Phi) is 9.02. The third-order valence-corrected chi connectivity index (χ3v) is 7.15. The van der Waals surface area contributed by atoms with Crippen LogP contribution in [0.1, 0.15) is 30.2 Å². The van der Waals surface area contributed by atoms with Crippen LogP contribution in [0.2, 0.25) is 0 Å². The third-order valence-electron chi connectivity index (χ3n) is 7.15. The van der Waals surface area contributed by atoms with Crippen LogP contribution in [0.25, 0.3) is 16.7 Å². The van der Waals surface area contributed by atoms with E-state index in [0.29, 0.717) is 17.2 Å². The number of nitrogens with one attached hydrogen (secondary N) is 2. The summed E-state index contributed by atoms with van der Waals surface area (Å²) in [5, 5.41) is 6.94. The Labute approximate surface area is 258 Å². The van der Waals surface area contributed by atoms with Crippen molar-refractivity contribution in [3.8, 4) is 17.3 Å². The molecule has 1 fully saturated rings. The normalized spacial score (nSPS) is 13.0. The van der Waals surface area contributed by atoms with Gasteiger partial charge in [-0.15, -0.1) is 12.4 Å². The van der Waals surface area contributed by atoms with Crippen molar-refractivity contribution in [1.29, 1.82) is 0 Å². The summed E-state index contributed by atoms with van der Waals surface area (Å²) in [6.07, 6.45) is 6.20. The number of rotatable bonds is 7. The van der Waals surface area contributed by atoms with Crippen molar-refractivity contribution in [2.45, 2.75) is 19.9 Å². The lowest BCUT2D eigenvalue weighted by Crippen LogP contribution is -2.43. The fourth-order valence-corrected chi connectivity index (χ4v) is 4.89. The minimum Gasteiger partial charge on any atom is -0.457 e. The summed E-state index contributed by atoms with van der Waals surface area (Å²) in [6, 6.07) is 15.2. The van der Waals surface area contributed by atoms with E-state index in [1.807, 2.05) is 6.07 Å². The molecule has 12 nitrogen and oxygen atoms in total. The Bertz CT molecular complexity index is 1900. The van der Waals surface area contributed by atoms with E-state index in [-0.39, 0.29) is 29.8 Å². The lowest BCUT2D eigenvalue weighted by Gasteiger charge is -2.28. The second kappa shape index (κ2) is 13.1. The third kappa shape index (κ3) is 6.17. The van der Waals surface area contributed by atoms with Gasteiger partial charge in [-0.1, -0.05) is 6.07 Å². The van der Waals surface area contributed by atoms with E-state index in [1.54, 1.807) is 74.8 Å². The van der Waals surface area contributed by atoms with E-state index in [2.05, 4.69) is 30.5 Å². The number of nitrogens with zero attached hydrogens (tertiary/aromatic N) is 6. The zero-order chi connectivity index (χ0) is 29.9. The summed E-state index contributed by atoms with van der Waals surface area (Å²) >= 11 is 0. The molecular formula is C31H31ClN8O4. The fraction of sp³-hybridized carbons (Fsp3) is 0.226. The van der Waals surface area contributed by atoms with Crippen molar-refractivity contribution in [2.75, 3.05) is 36.4 Å². The molecule has 5 aromatic rings. The minimum atomic E-state index is -0.753. The van der Waals surface area contributed by atoms with Crippen molar-refractivity contribution >= 4 is 40.7 Å². The molecule has 0 saturated carbocycles. The Morgan fingerprint density at radius 3 is 2.43 bits per heavy atom. The number of ether oxygens (including phenoxy) is 1. The molecule has 5 heterocycles. The monoisotopic (exact) mass is 614 g/mol. The van der Waals surface area contributed by atoms with Gasteiger partial charge in [0.25, 0.3) is 11.5 Å². The maximum Gasteiger partial charge on any atom is 0.337 e. The van der Waals surface area contributed by atoms with Crippen LogP contribution >= 0.6 is 12.4 Å². The molecule has 1 aliphatic heterocycles. The molecule has 1 amide bonds. The number of anilines is 2. The first-order valence-electron chi connectivity index (χ1n) is 14.0. The standard InChI is InChI=1S/C31H30N8O4.ClH/c1-20(2)38-19-24(30(41)39(31(38)42)27-5-3-4-11-34-27)29(40)36-21-6-8-22(9-7-21)43-26-10-12-33-25-18-35-28(17-23(25)26)37-15-13-32-14-16-37;/h3-12,17-20,32H,13-16H2,1-2H3,(H,36,40);1H. The van der Waals surface area contributed by atoms with Gasteiger partial charge in [-0.3, -0.25) is 19.1 Å². The minimum absolute atomic E-state index is 0. The molecule has 0 atom stereocenters. The van der Waals surface area contributed by atoms with Gasteiger partial charge in [0.15, 0.2) is 0 Å². The summed E-state index contributed by atoms with van der Waals surface area (Å²) in [7, 11) is 0. The number of fused-ring (bicyclic) bond motifs is 1. The van der Waals surface area contributed by atoms with Gasteiger partial charge in [0.2, 0.25) is 0 Å². The van der Waals surface area contributed by atoms with E-state index in [1.165, 1.54) is 17.0 Å². The fourth-order valence-electron chi connectivity index (χ4n) is 4.89. The lowest BCUT2D eigenvalue weighted by molar-refractivity contribution is 0.102. The molecule has 1 aliphatic rings. The number of pyridine rings is 3. The second-order valence-electron chi connectivity index (χ2n) is 10.3. The van der Waals surface area contributed by atoms with Crippen molar-refractivity contribution in [2.24, 2.45) is 0 Å². The van der Waals surface area contributed by atoms with Gasteiger partial charge < -0.3 is 20.3 Å². The highest BCUT2D eigenvalue weighted by Gasteiger charge is 2.20. The van der Waals surface area contributed by atoms with Crippen molar-refractivity contribution < 1.29 is 9.53 Å². The van der Waals surface area contributed by atoms with Crippen LogP contribution in [0, 0.1) is 0 Å². The Balaban J connectivity index is 0.00000384. The smallest absolute Gasteiger partial charge is 0.337 e. The van der Waals surface area contributed by atoms with Crippen LogP contribution in [-0.2, 0) is 0 Å². The van der Waals surface area contributed by atoms with Gasteiger partial charge in [0, 0.05) is 61.9 Å². The van der Waals surface area contributed by atoms with Crippen LogP contribution in [0.15, 0.2) is 89.0 Å². The molecule has 0 aliphatic carbocycles. The Morgan fingerprint density at radius 1 is 0.955 bits per heavy atom. The highest BCUT2D eigenvalue weighted by molar-refractivity contribution is 6.03. The van der Waals surface area contributed by atoms with Gasteiger partial charge in [0.05, 0.1) is 11.7 Å². The molecule has 0 spiro atoms. The molecule has 1 saturated heterocycles. The first-order chi connectivity index (χ1) is 20.9. The summed E-state index contributed by atoms with van der Waals surface area (Å²) in [4.78, 5) is 55.0. The van der Waals surface area contributed by atoms with Gasteiger partial charge in [-0.25, -0.2) is 19.3 Å². The van der Waals surface area contributed by atoms with E-state index < -0.39 is 17.2 Å². The molecule has 0 bridgehead atoms. The summed E-state index contributed by atoms with van der Waals surface area (Å²) < 4.78 is 8.46. The lowest BCUT2D eigenvalue weighted by atomic mass is 10.2. The predicted molar refractivity (Wildman–Crippen MR) is 171 cm³/mol. The highest BCUT2D eigenvalue weighted by Crippen LogP contribution is 2.31. The van der Waals surface area contributed by atoms with Crippen LogP contribution in [0.5, 0.6) is 11.5 Å². The molecule has 1 aromatic carbocycles. The molecule has 2 N–H and O–H groups in total. The summed E-state index contributed by atoms with van der Waals surface area (Å²) in [5.41, 5.74) is -0.336. The highest BCUT2D eigenvalue weighted by atomic mass is 35.5. The number of piperazine rings is 1. The zero-order valence-corrected chi connectivity index (χ0v) is 25.0. The number of hydrogen-bond acceptors (Lipinski definition) is 9. The van der Waals surface area contributed by atoms with Crippen LogP contribution in [-0.4, -0.2) is 56.2 Å². The molecule has 226 valence electrons. The predicted octanol–water partition coefficient (Wildman–Crippen LogP) is 3.79. The summed E-state index contributed by atoms with van der Waals surface area (Å²) in [6.45, 7) is 7.14. The topological polar surface area (TPSA) is 136 Å². The summed E-state index contributed by atoms with van der Waals surface area (Å²) in [5.74, 6) is 1.55. The van der Waals surface area contributed by atoms with Crippen LogP contribution in [0.3, 0.4) is 0 Å². The molecular weight excluding hydrogens is 584 g/mol. The molecule has 44 heavy (non-hydrogen) atoms. The number of amides is 1. The number of aromatic nitrogens is 5. The van der Waals surface area contributed by atoms with Gasteiger partial charge in [-0.2, -0.15) is 0 Å². The van der Waals surface area contributed by atoms with E-state index >= 15 is 0 Å². The molecule has 0 unspecified atom stereocenters. The molecule has 13 heteroatoms. The maximum atomic E-state index is 13.3. The van der Waals surface area contributed by atoms with Crippen molar-refractivity contribution in [3.63, 3.8) is 0 Å². The maximum absolute atomic E-state index is 13.3. The van der Waals surface area contributed by atoms with E-state index in [4.69, 9.17) is 4.74 Å². The van der Waals surface area contributed by atoms with Crippen molar-refractivity contribution in [3.05, 3.63) is 106 Å². The van der Waals surface area contributed by atoms with E-state index in [0.717, 1.165) is 47.5 Å². The number of carbonyl (C=O) groups is 1. The van der Waals surface area contributed by atoms with Gasteiger partial charge >= 0.3 is 5.69 Å². The Hall–Kier alpha value is -5.07. The average Bonchev–Trinajstić information content (AvgIpc) is 3.03. The molecule has 4 aromatic heterocycles. The molecule has 0 radical (unpaired) electrons. The molecule has 6 rings (SSSR count). The first kappa shape index (κ1) is 30.4. The van der Waals surface area contributed by atoms with Crippen molar-refractivity contribution in [1.82, 2.24) is 29.4 Å². The Morgan fingerprint density at radius 2 is 1.73 bits per heavy atom. The number of hydrogen-bond donors (Lipinski definition) is 2. The van der Waals surface area contributed by atoms with Crippen LogP contribution < -0.4 is 31.5 Å². The largest absolute Gasteiger partial charge is 0.457 e. The zero-order valence-electron chi connectivity index (χ0n) is 24.1. The number of benzene rings is 1.